The average molecular weight is 511 g/mol. The van der Waals surface area contributed by atoms with E-state index in [0.29, 0.717) is 16.6 Å². The Balaban J connectivity index is 1.58. The fourth-order valence-corrected chi connectivity index (χ4v) is 3.83. The van der Waals surface area contributed by atoms with Crippen molar-refractivity contribution in [3.05, 3.63) is 89.9 Å². The van der Waals surface area contributed by atoms with Gasteiger partial charge in [-0.2, -0.15) is 14.9 Å². The van der Waals surface area contributed by atoms with Crippen LogP contribution in [0.3, 0.4) is 0 Å². The number of halogens is 2. The number of hydrogen-bond acceptors (Lipinski definition) is 9. The van der Waals surface area contributed by atoms with E-state index < -0.39 is 22.6 Å². The van der Waals surface area contributed by atoms with E-state index in [1.54, 1.807) is 24.4 Å². The lowest BCUT2D eigenvalue weighted by atomic mass is 10.1. The standard InChI is InChI=1S/C21H12Cl2N8O4/c22-13-6-11(31-21(34)26-19(33)18(24)30-31)7-14(23)17(13)35-20-12(8-16(32)28-29-20)10-2-1-9-3-4-25-27-15(9)5-10/h1-8H,(H2,24,30)(H,28,32)(H,26,33,34). The number of anilines is 1. The van der Waals surface area contributed by atoms with E-state index in [9.17, 15) is 14.4 Å². The molecule has 0 aliphatic heterocycles. The summed E-state index contributed by atoms with van der Waals surface area (Å²) in [6.07, 6.45) is 1.57. The number of benzene rings is 2. The van der Waals surface area contributed by atoms with Crippen molar-refractivity contribution in [1.29, 1.82) is 0 Å². The summed E-state index contributed by atoms with van der Waals surface area (Å²) in [4.78, 5) is 37.7. The molecule has 3 aromatic heterocycles. The van der Waals surface area contributed by atoms with Gasteiger partial charge in [0.25, 0.3) is 11.1 Å². The molecule has 0 fully saturated rings. The molecule has 0 spiro atoms. The number of aromatic nitrogens is 7. The number of nitrogens with two attached hydrogens (primary N) is 1. The first-order valence-corrected chi connectivity index (χ1v) is 10.5. The molecule has 0 saturated heterocycles. The number of aromatic amines is 2. The van der Waals surface area contributed by atoms with Gasteiger partial charge < -0.3 is 10.5 Å². The third-order valence-electron chi connectivity index (χ3n) is 4.88. The Kier molecular flexibility index (Phi) is 5.51. The summed E-state index contributed by atoms with van der Waals surface area (Å²) in [7, 11) is 0. The van der Waals surface area contributed by atoms with Gasteiger partial charge in [0.1, 0.15) is 0 Å². The summed E-state index contributed by atoms with van der Waals surface area (Å²) in [5.41, 5.74) is 5.06. The zero-order valence-corrected chi connectivity index (χ0v) is 18.8. The van der Waals surface area contributed by atoms with Crippen molar-refractivity contribution in [3.8, 4) is 28.4 Å². The molecular formula is C21H12Cl2N8O4. The second kappa shape index (κ2) is 8.66. The summed E-state index contributed by atoms with van der Waals surface area (Å²) < 4.78 is 6.72. The molecule has 0 amide bonds. The fourth-order valence-electron chi connectivity index (χ4n) is 3.27. The number of fused-ring (bicyclic) bond motifs is 1. The van der Waals surface area contributed by atoms with Gasteiger partial charge in [0, 0.05) is 11.5 Å². The highest BCUT2D eigenvalue weighted by molar-refractivity contribution is 6.37. The van der Waals surface area contributed by atoms with E-state index in [1.165, 1.54) is 18.2 Å². The molecule has 2 aromatic carbocycles. The maximum Gasteiger partial charge on any atom is 0.349 e. The largest absolute Gasteiger partial charge is 0.434 e. The van der Waals surface area contributed by atoms with E-state index in [-0.39, 0.29) is 27.4 Å². The molecule has 0 radical (unpaired) electrons. The van der Waals surface area contributed by atoms with Crippen molar-refractivity contribution in [3.63, 3.8) is 0 Å². The highest BCUT2D eigenvalue weighted by Crippen LogP contribution is 2.40. The Hall–Kier alpha value is -4.55. The number of rotatable bonds is 4. The monoisotopic (exact) mass is 510 g/mol. The van der Waals surface area contributed by atoms with E-state index in [2.05, 4.69) is 25.5 Å². The van der Waals surface area contributed by atoms with Crippen LogP contribution < -0.4 is 27.3 Å². The van der Waals surface area contributed by atoms with Crippen LogP contribution in [0.15, 0.2) is 63.0 Å². The van der Waals surface area contributed by atoms with Crippen LogP contribution in [0.4, 0.5) is 5.82 Å². The molecule has 0 unspecified atom stereocenters. The number of H-pyrrole nitrogens is 2. The van der Waals surface area contributed by atoms with E-state index >= 15 is 0 Å². The molecule has 5 aromatic rings. The van der Waals surface area contributed by atoms with E-state index in [1.807, 2.05) is 11.1 Å². The first-order valence-electron chi connectivity index (χ1n) is 9.78. The molecular weight excluding hydrogens is 499 g/mol. The number of ether oxygens (including phenoxy) is 1. The number of nitrogens with one attached hydrogen (secondary N) is 2. The first kappa shape index (κ1) is 22.3. The zero-order chi connectivity index (χ0) is 24.7. The van der Waals surface area contributed by atoms with Gasteiger partial charge in [-0.1, -0.05) is 35.3 Å². The molecule has 12 nitrogen and oxygen atoms in total. The second-order valence-electron chi connectivity index (χ2n) is 7.15. The molecule has 0 saturated carbocycles. The maximum absolute atomic E-state index is 12.1. The fraction of sp³-hybridized carbons (Fsp3) is 0. The Labute approximate surface area is 203 Å². The molecule has 14 heteroatoms. The highest BCUT2D eigenvalue weighted by atomic mass is 35.5. The van der Waals surface area contributed by atoms with Crippen LogP contribution in [0.2, 0.25) is 10.0 Å². The quantitative estimate of drug-likeness (QED) is 0.327. The summed E-state index contributed by atoms with van der Waals surface area (Å²) in [6.45, 7) is 0. The van der Waals surface area contributed by atoms with Gasteiger partial charge in [-0.05, 0) is 29.8 Å². The molecule has 0 atom stereocenters. The summed E-state index contributed by atoms with van der Waals surface area (Å²) >= 11 is 12.8. The molecule has 4 N–H and O–H groups in total. The summed E-state index contributed by atoms with van der Waals surface area (Å²) in [6, 6.07) is 11.1. The van der Waals surface area contributed by atoms with Crippen LogP contribution in [-0.4, -0.2) is 35.2 Å². The molecule has 174 valence electrons. The van der Waals surface area contributed by atoms with Gasteiger partial charge in [0.15, 0.2) is 5.75 Å². The number of nitrogen functional groups attached to an aromatic ring is 1. The van der Waals surface area contributed by atoms with E-state index in [0.717, 1.165) is 10.1 Å². The predicted octanol–water partition coefficient (Wildman–Crippen LogP) is 2.30. The van der Waals surface area contributed by atoms with Crippen LogP contribution in [-0.2, 0) is 0 Å². The second-order valence-corrected chi connectivity index (χ2v) is 7.97. The predicted molar refractivity (Wildman–Crippen MR) is 128 cm³/mol. The number of hydrogen-bond donors (Lipinski definition) is 3. The van der Waals surface area contributed by atoms with Crippen molar-refractivity contribution < 1.29 is 4.74 Å². The van der Waals surface area contributed by atoms with Gasteiger partial charge in [0.2, 0.25) is 11.7 Å². The van der Waals surface area contributed by atoms with Gasteiger partial charge >= 0.3 is 5.69 Å². The molecule has 3 heterocycles. The van der Waals surface area contributed by atoms with Gasteiger partial charge in [-0.3, -0.25) is 14.6 Å². The van der Waals surface area contributed by atoms with Gasteiger partial charge in [-0.15, -0.1) is 10.2 Å². The van der Waals surface area contributed by atoms with Crippen LogP contribution in [0.5, 0.6) is 11.6 Å². The van der Waals surface area contributed by atoms with Crippen molar-refractivity contribution >= 4 is 39.9 Å². The van der Waals surface area contributed by atoms with Gasteiger partial charge in [0.05, 0.1) is 33.0 Å². The molecule has 0 aliphatic rings. The highest BCUT2D eigenvalue weighted by Gasteiger charge is 2.18. The van der Waals surface area contributed by atoms with Crippen molar-refractivity contribution in [2.24, 2.45) is 0 Å². The minimum Gasteiger partial charge on any atom is -0.434 e. The van der Waals surface area contributed by atoms with Crippen molar-refractivity contribution in [2.75, 3.05) is 5.73 Å². The van der Waals surface area contributed by atoms with Crippen molar-refractivity contribution in [1.82, 2.24) is 35.2 Å². The Morgan fingerprint density at radius 1 is 1.00 bits per heavy atom. The van der Waals surface area contributed by atoms with Crippen molar-refractivity contribution in [2.45, 2.75) is 0 Å². The molecule has 0 bridgehead atoms. The third-order valence-corrected chi connectivity index (χ3v) is 5.44. The Morgan fingerprint density at radius 3 is 2.54 bits per heavy atom. The maximum atomic E-state index is 12.1. The van der Waals surface area contributed by atoms with Crippen LogP contribution in [0.25, 0.3) is 27.7 Å². The zero-order valence-electron chi connectivity index (χ0n) is 17.3. The first-order chi connectivity index (χ1) is 16.8. The summed E-state index contributed by atoms with van der Waals surface area (Å²) in [5.74, 6) is -0.406. The lowest BCUT2D eigenvalue weighted by Gasteiger charge is -2.14. The minimum absolute atomic E-state index is 0.00362. The average Bonchev–Trinajstić information content (AvgIpc) is 2.84. The molecule has 5 rings (SSSR count). The SMILES string of the molecule is Nc1nn(-c2cc(Cl)c(Oc3n[nH]c(=O)cc3-c3ccc4ccnnc4c3)c(Cl)c2)c(=O)[nH]c1=O. The van der Waals surface area contributed by atoms with Crippen LogP contribution in [0, 0.1) is 0 Å². The Bertz CT molecular complexity index is 1770. The normalized spacial score (nSPS) is 11.0. The smallest absolute Gasteiger partial charge is 0.349 e. The Morgan fingerprint density at radius 2 is 1.77 bits per heavy atom. The third kappa shape index (κ3) is 4.23. The topological polar surface area (TPSA) is 175 Å². The van der Waals surface area contributed by atoms with Crippen LogP contribution in [0.1, 0.15) is 0 Å². The molecule has 35 heavy (non-hydrogen) atoms. The lowest BCUT2D eigenvalue weighted by molar-refractivity contribution is 0.456. The van der Waals surface area contributed by atoms with Gasteiger partial charge in [-0.25, -0.2) is 9.89 Å². The van der Waals surface area contributed by atoms with E-state index in [4.69, 9.17) is 33.7 Å². The lowest BCUT2D eigenvalue weighted by Crippen LogP contribution is -2.33. The minimum atomic E-state index is -0.839. The molecule has 0 aliphatic carbocycles. The summed E-state index contributed by atoms with van der Waals surface area (Å²) in [5, 5.41) is 18.9. The van der Waals surface area contributed by atoms with Crippen LogP contribution >= 0.6 is 23.2 Å². The number of nitrogens with zero attached hydrogens (tertiary/aromatic N) is 5.